The van der Waals surface area contributed by atoms with Crippen LogP contribution in [0.3, 0.4) is 0 Å². The molecule has 0 heterocycles. The van der Waals surface area contributed by atoms with E-state index in [1.165, 1.54) is 11.1 Å². The number of aliphatic hydroxyl groups excluding tert-OH is 1. The molecule has 0 aliphatic heterocycles. The molecule has 0 aromatic heterocycles. The number of rotatable bonds is 2. The average Bonchev–Trinajstić information content (AvgIpc) is 1.98. The van der Waals surface area contributed by atoms with Crippen LogP contribution in [0.15, 0.2) is 22.7 Å². The van der Waals surface area contributed by atoms with Crippen molar-refractivity contribution in [3.63, 3.8) is 0 Å². The van der Waals surface area contributed by atoms with Gasteiger partial charge in [-0.1, -0.05) is 28.1 Å². The highest BCUT2D eigenvalue weighted by Crippen LogP contribution is 2.20. The minimum absolute atomic E-state index is 0.266. The largest absolute Gasteiger partial charge is 0.393 e. The summed E-state index contributed by atoms with van der Waals surface area (Å²) in [5.74, 6) is 0. The third kappa shape index (κ3) is 2.32. The summed E-state index contributed by atoms with van der Waals surface area (Å²) < 4.78 is 1.11. The minimum Gasteiger partial charge on any atom is -0.393 e. The Morgan fingerprint density at radius 1 is 1.50 bits per heavy atom. The lowest BCUT2D eigenvalue weighted by Gasteiger charge is -2.08. The van der Waals surface area contributed by atoms with Crippen LogP contribution in [0.2, 0.25) is 0 Å². The van der Waals surface area contributed by atoms with E-state index in [2.05, 4.69) is 22.9 Å². The molecular formula is C10H13BrO. The maximum atomic E-state index is 9.21. The van der Waals surface area contributed by atoms with Crippen LogP contribution in [0.25, 0.3) is 0 Å². The fraction of sp³-hybridized carbons (Fsp3) is 0.400. The van der Waals surface area contributed by atoms with Gasteiger partial charge in [0.15, 0.2) is 0 Å². The van der Waals surface area contributed by atoms with Crippen LogP contribution in [0.1, 0.15) is 18.1 Å². The average molecular weight is 229 g/mol. The topological polar surface area (TPSA) is 20.2 Å². The highest BCUT2D eigenvalue weighted by molar-refractivity contribution is 9.10. The van der Waals surface area contributed by atoms with Gasteiger partial charge in [-0.15, -0.1) is 0 Å². The van der Waals surface area contributed by atoms with Crippen LogP contribution in [0, 0.1) is 6.92 Å². The maximum absolute atomic E-state index is 9.21. The van der Waals surface area contributed by atoms with E-state index in [-0.39, 0.29) is 6.10 Å². The first-order valence-electron chi connectivity index (χ1n) is 4.03. The van der Waals surface area contributed by atoms with E-state index in [9.17, 15) is 5.11 Å². The molecule has 0 spiro atoms. The third-order valence-electron chi connectivity index (χ3n) is 1.90. The van der Waals surface area contributed by atoms with Gasteiger partial charge in [-0.2, -0.15) is 0 Å². The lowest BCUT2D eigenvalue weighted by atomic mass is 10.0. The van der Waals surface area contributed by atoms with Gasteiger partial charge in [-0.05, 0) is 37.5 Å². The summed E-state index contributed by atoms with van der Waals surface area (Å²) in [7, 11) is 0. The van der Waals surface area contributed by atoms with Gasteiger partial charge in [0.25, 0.3) is 0 Å². The SMILES string of the molecule is Cc1c(Br)cccc1C[C@H](C)O. The number of halogens is 1. The zero-order valence-corrected chi connectivity index (χ0v) is 8.93. The molecule has 1 aromatic rings. The van der Waals surface area contributed by atoms with Gasteiger partial charge < -0.3 is 5.11 Å². The number of benzene rings is 1. The van der Waals surface area contributed by atoms with E-state index in [1.807, 2.05) is 18.2 Å². The zero-order chi connectivity index (χ0) is 9.14. The molecule has 0 unspecified atom stereocenters. The summed E-state index contributed by atoms with van der Waals surface area (Å²) >= 11 is 3.45. The normalized spacial score (nSPS) is 13.0. The highest BCUT2D eigenvalue weighted by atomic mass is 79.9. The van der Waals surface area contributed by atoms with E-state index in [4.69, 9.17) is 0 Å². The smallest absolute Gasteiger partial charge is 0.0552 e. The summed E-state index contributed by atoms with van der Waals surface area (Å²) in [5, 5.41) is 9.21. The molecule has 0 saturated carbocycles. The Morgan fingerprint density at radius 2 is 2.17 bits per heavy atom. The van der Waals surface area contributed by atoms with Crippen molar-refractivity contribution in [1.82, 2.24) is 0 Å². The molecule has 12 heavy (non-hydrogen) atoms. The first-order chi connectivity index (χ1) is 5.61. The molecule has 1 nitrogen and oxygen atoms in total. The Labute approximate surface area is 81.6 Å². The monoisotopic (exact) mass is 228 g/mol. The Morgan fingerprint density at radius 3 is 2.75 bits per heavy atom. The van der Waals surface area contributed by atoms with Crippen molar-refractivity contribution in [3.05, 3.63) is 33.8 Å². The molecular weight excluding hydrogens is 216 g/mol. The highest BCUT2D eigenvalue weighted by Gasteiger charge is 2.03. The van der Waals surface area contributed by atoms with Crippen LogP contribution in [-0.4, -0.2) is 11.2 Å². The predicted molar refractivity (Wildman–Crippen MR) is 54.3 cm³/mol. The van der Waals surface area contributed by atoms with Crippen molar-refractivity contribution in [2.45, 2.75) is 26.4 Å². The summed E-state index contributed by atoms with van der Waals surface area (Å²) in [6, 6.07) is 6.06. The lowest BCUT2D eigenvalue weighted by Crippen LogP contribution is -2.05. The van der Waals surface area contributed by atoms with Crippen molar-refractivity contribution in [3.8, 4) is 0 Å². The molecule has 0 radical (unpaired) electrons. The van der Waals surface area contributed by atoms with Gasteiger partial charge in [-0.25, -0.2) is 0 Å². The van der Waals surface area contributed by atoms with Crippen molar-refractivity contribution in [1.29, 1.82) is 0 Å². The molecule has 0 amide bonds. The fourth-order valence-electron chi connectivity index (χ4n) is 1.19. The summed E-state index contributed by atoms with van der Waals surface area (Å²) in [6.07, 6.45) is 0.462. The summed E-state index contributed by atoms with van der Waals surface area (Å²) in [4.78, 5) is 0. The second-order valence-corrected chi connectivity index (χ2v) is 3.93. The van der Waals surface area contributed by atoms with Crippen molar-refractivity contribution in [2.75, 3.05) is 0 Å². The maximum Gasteiger partial charge on any atom is 0.0552 e. The van der Waals surface area contributed by atoms with E-state index in [0.29, 0.717) is 0 Å². The van der Waals surface area contributed by atoms with Gasteiger partial charge in [0.1, 0.15) is 0 Å². The number of aliphatic hydroxyl groups is 1. The molecule has 0 bridgehead atoms. The second kappa shape index (κ2) is 4.06. The van der Waals surface area contributed by atoms with Crippen LogP contribution < -0.4 is 0 Å². The summed E-state index contributed by atoms with van der Waals surface area (Å²) in [6.45, 7) is 3.86. The molecule has 0 aliphatic rings. The van der Waals surface area contributed by atoms with Gasteiger partial charge in [-0.3, -0.25) is 0 Å². The van der Waals surface area contributed by atoms with E-state index >= 15 is 0 Å². The molecule has 1 N–H and O–H groups in total. The molecule has 66 valence electrons. The number of hydrogen-bond donors (Lipinski definition) is 1. The van der Waals surface area contributed by atoms with Crippen LogP contribution in [0.5, 0.6) is 0 Å². The van der Waals surface area contributed by atoms with Crippen LogP contribution in [-0.2, 0) is 6.42 Å². The first kappa shape index (κ1) is 9.75. The van der Waals surface area contributed by atoms with E-state index in [0.717, 1.165) is 10.9 Å². The second-order valence-electron chi connectivity index (χ2n) is 3.08. The molecule has 0 aliphatic carbocycles. The molecule has 1 atom stereocenters. The minimum atomic E-state index is -0.266. The molecule has 1 aromatic carbocycles. The third-order valence-corrected chi connectivity index (χ3v) is 2.75. The van der Waals surface area contributed by atoms with Crippen LogP contribution in [0.4, 0.5) is 0 Å². The molecule has 2 heteroatoms. The quantitative estimate of drug-likeness (QED) is 0.826. The first-order valence-corrected chi connectivity index (χ1v) is 4.82. The fourth-order valence-corrected chi connectivity index (χ4v) is 1.60. The van der Waals surface area contributed by atoms with Gasteiger partial charge in [0.2, 0.25) is 0 Å². The Balaban J connectivity index is 2.92. The predicted octanol–water partition coefficient (Wildman–Crippen LogP) is 2.68. The van der Waals surface area contributed by atoms with E-state index < -0.39 is 0 Å². The van der Waals surface area contributed by atoms with Crippen molar-refractivity contribution in [2.24, 2.45) is 0 Å². The van der Waals surface area contributed by atoms with Gasteiger partial charge >= 0.3 is 0 Å². The number of hydrogen-bond acceptors (Lipinski definition) is 1. The summed E-state index contributed by atoms with van der Waals surface area (Å²) in [5.41, 5.74) is 2.43. The lowest BCUT2D eigenvalue weighted by molar-refractivity contribution is 0.195. The molecule has 1 rings (SSSR count). The molecule has 0 fully saturated rings. The Bertz CT molecular complexity index is 269. The van der Waals surface area contributed by atoms with E-state index in [1.54, 1.807) is 6.92 Å². The van der Waals surface area contributed by atoms with Gasteiger partial charge in [0.05, 0.1) is 6.10 Å². The van der Waals surface area contributed by atoms with Crippen molar-refractivity contribution < 1.29 is 5.11 Å². The Kier molecular flexibility index (Phi) is 3.29. The molecule has 0 saturated heterocycles. The standard InChI is InChI=1S/C10H13BrO/c1-7(12)6-9-4-3-5-10(11)8(9)2/h3-5,7,12H,6H2,1-2H3/t7-/m0/s1. The Hall–Kier alpha value is -0.340. The zero-order valence-electron chi connectivity index (χ0n) is 7.34. The van der Waals surface area contributed by atoms with Crippen LogP contribution >= 0.6 is 15.9 Å². The van der Waals surface area contributed by atoms with Gasteiger partial charge in [0, 0.05) is 4.47 Å². The van der Waals surface area contributed by atoms with Crippen molar-refractivity contribution >= 4 is 15.9 Å².